The fourth-order valence-corrected chi connectivity index (χ4v) is 2.38. The average Bonchev–Trinajstić information content (AvgIpc) is 2.55. The van der Waals surface area contributed by atoms with Crippen molar-refractivity contribution in [3.05, 3.63) is 45.1 Å². The molecule has 0 aliphatic carbocycles. The van der Waals surface area contributed by atoms with E-state index in [4.69, 9.17) is 6.42 Å². The molecular weight excluding hydrogens is 280 g/mol. The normalized spacial score (nSPS) is 10.9. The van der Waals surface area contributed by atoms with E-state index < -0.39 is 11.2 Å². The number of aromatic nitrogens is 4. The highest BCUT2D eigenvalue weighted by Gasteiger charge is 2.14. The summed E-state index contributed by atoms with van der Waals surface area (Å²) in [7, 11) is 1.44. The number of nitrogens with zero attached hydrogens (tertiary/aromatic N) is 4. The Kier molecular flexibility index (Phi) is 3.47. The summed E-state index contributed by atoms with van der Waals surface area (Å²) in [6, 6.07) is 7.26. The first-order valence-electron chi connectivity index (χ1n) is 6.93. The molecule has 0 amide bonds. The molecule has 0 spiro atoms. The molecule has 22 heavy (non-hydrogen) atoms. The molecule has 1 aromatic carbocycles. The van der Waals surface area contributed by atoms with Crippen LogP contribution in [-0.2, 0) is 13.6 Å². The Hall–Kier alpha value is -2.94. The third kappa shape index (κ3) is 2.17. The molecule has 6 nitrogen and oxygen atoms in total. The van der Waals surface area contributed by atoms with Crippen LogP contribution in [0.2, 0.25) is 0 Å². The van der Waals surface area contributed by atoms with E-state index in [1.54, 1.807) is 12.1 Å². The molecule has 6 heteroatoms. The van der Waals surface area contributed by atoms with Crippen LogP contribution < -0.4 is 11.2 Å². The molecule has 2 heterocycles. The van der Waals surface area contributed by atoms with Gasteiger partial charge in [-0.2, -0.15) is 0 Å². The SMILES string of the molecule is C#CCCCn1c(=O)n(C)c(=O)c2nc3ccccc3nc21. The largest absolute Gasteiger partial charge is 0.332 e. The van der Waals surface area contributed by atoms with Crippen molar-refractivity contribution in [2.24, 2.45) is 7.05 Å². The number of unbranched alkanes of at least 4 members (excludes halogenated alkanes) is 1. The van der Waals surface area contributed by atoms with Gasteiger partial charge in [0, 0.05) is 20.0 Å². The fraction of sp³-hybridized carbons (Fsp3) is 0.250. The second-order valence-electron chi connectivity index (χ2n) is 4.99. The van der Waals surface area contributed by atoms with Crippen LogP contribution in [-0.4, -0.2) is 19.1 Å². The minimum atomic E-state index is -0.438. The zero-order valence-electron chi connectivity index (χ0n) is 12.1. The molecule has 0 unspecified atom stereocenters. The molecule has 0 atom stereocenters. The Morgan fingerprint density at radius 1 is 1.18 bits per heavy atom. The molecule has 2 aromatic heterocycles. The first-order valence-corrected chi connectivity index (χ1v) is 6.93. The number of para-hydroxylation sites is 2. The monoisotopic (exact) mass is 294 g/mol. The summed E-state index contributed by atoms with van der Waals surface area (Å²) in [6.07, 6.45) is 6.44. The summed E-state index contributed by atoms with van der Waals surface area (Å²) in [4.78, 5) is 33.5. The average molecular weight is 294 g/mol. The minimum absolute atomic E-state index is 0.196. The van der Waals surface area contributed by atoms with Gasteiger partial charge >= 0.3 is 5.69 Å². The van der Waals surface area contributed by atoms with E-state index in [0.29, 0.717) is 36.1 Å². The summed E-state index contributed by atoms with van der Waals surface area (Å²) >= 11 is 0. The van der Waals surface area contributed by atoms with Crippen LogP contribution in [0.3, 0.4) is 0 Å². The fourth-order valence-electron chi connectivity index (χ4n) is 2.38. The molecule has 0 saturated heterocycles. The number of fused-ring (bicyclic) bond motifs is 2. The van der Waals surface area contributed by atoms with Gasteiger partial charge < -0.3 is 0 Å². The Labute approximate surface area is 126 Å². The number of rotatable bonds is 3. The maximum Gasteiger partial charge on any atom is 0.332 e. The molecule has 110 valence electrons. The molecule has 3 aromatic rings. The highest BCUT2D eigenvalue weighted by atomic mass is 16.2. The zero-order valence-corrected chi connectivity index (χ0v) is 12.1. The van der Waals surface area contributed by atoms with Gasteiger partial charge in [-0.05, 0) is 18.6 Å². The van der Waals surface area contributed by atoms with E-state index in [1.807, 2.05) is 12.1 Å². The van der Waals surface area contributed by atoms with E-state index in [9.17, 15) is 9.59 Å². The highest BCUT2D eigenvalue weighted by Crippen LogP contribution is 2.12. The standard InChI is InChI=1S/C16H14N4O2/c1-3-4-7-10-20-14-13(15(21)19(2)16(20)22)17-11-8-5-6-9-12(11)18-14/h1,5-6,8-9H,4,7,10H2,2H3. The lowest BCUT2D eigenvalue weighted by Gasteiger charge is -2.10. The van der Waals surface area contributed by atoms with Crippen LogP contribution >= 0.6 is 0 Å². The smallest absolute Gasteiger partial charge is 0.276 e. The van der Waals surface area contributed by atoms with Crippen molar-refractivity contribution >= 4 is 22.2 Å². The van der Waals surface area contributed by atoms with E-state index in [-0.39, 0.29) is 5.52 Å². The van der Waals surface area contributed by atoms with Crippen LogP contribution in [0.5, 0.6) is 0 Å². The molecule has 0 aliphatic rings. The summed E-state index contributed by atoms with van der Waals surface area (Å²) < 4.78 is 2.52. The van der Waals surface area contributed by atoms with Crippen LogP contribution in [0.4, 0.5) is 0 Å². The van der Waals surface area contributed by atoms with E-state index in [0.717, 1.165) is 4.57 Å². The maximum absolute atomic E-state index is 12.3. The van der Waals surface area contributed by atoms with Gasteiger partial charge in [-0.1, -0.05) is 12.1 Å². The lowest BCUT2D eigenvalue weighted by atomic mass is 10.3. The van der Waals surface area contributed by atoms with Gasteiger partial charge in [0.15, 0.2) is 11.2 Å². The van der Waals surface area contributed by atoms with Crippen molar-refractivity contribution in [1.82, 2.24) is 19.1 Å². The first kappa shape index (κ1) is 14.0. The molecular formula is C16H14N4O2. The second-order valence-corrected chi connectivity index (χ2v) is 4.99. The number of hydrogen-bond donors (Lipinski definition) is 0. The third-order valence-electron chi connectivity index (χ3n) is 3.54. The Bertz CT molecular complexity index is 1020. The van der Waals surface area contributed by atoms with E-state index >= 15 is 0 Å². The number of hydrogen-bond acceptors (Lipinski definition) is 4. The molecule has 0 N–H and O–H groups in total. The highest BCUT2D eigenvalue weighted by molar-refractivity contribution is 5.83. The first-order chi connectivity index (χ1) is 10.6. The predicted octanol–water partition coefficient (Wildman–Crippen LogP) is 1.06. The predicted molar refractivity (Wildman–Crippen MR) is 84.6 cm³/mol. The number of terminal acetylenes is 1. The van der Waals surface area contributed by atoms with Gasteiger partial charge in [-0.3, -0.25) is 13.9 Å². The Balaban J connectivity index is 2.37. The van der Waals surface area contributed by atoms with Crippen LogP contribution in [0, 0.1) is 12.3 Å². The van der Waals surface area contributed by atoms with Crippen LogP contribution in [0.1, 0.15) is 12.8 Å². The van der Waals surface area contributed by atoms with Crippen molar-refractivity contribution in [1.29, 1.82) is 0 Å². The van der Waals surface area contributed by atoms with Crippen LogP contribution in [0.25, 0.3) is 22.2 Å². The molecule has 0 bridgehead atoms. The Morgan fingerprint density at radius 2 is 1.86 bits per heavy atom. The molecule has 0 saturated carbocycles. The number of benzene rings is 1. The summed E-state index contributed by atoms with van der Waals surface area (Å²) in [5.74, 6) is 2.54. The second kappa shape index (κ2) is 5.45. The van der Waals surface area contributed by atoms with E-state index in [1.165, 1.54) is 11.6 Å². The minimum Gasteiger partial charge on any atom is -0.276 e. The summed E-state index contributed by atoms with van der Waals surface area (Å²) in [5, 5.41) is 0. The van der Waals surface area contributed by atoms with Gasteiger partial charge in [0.1, 0.15) is 0 Å². The lowest BCUT2D eigenvalue weighted by Crippen LogP contribution is -2.39. The summed E-state index contributed by atoms with van der Waals surface area (Å²) in [6.45, 7) is 0.403. The topological polar surface area (TPSA) is 69.8 Å². The molecule has 0 fully saturated rings. The molecule has 0 radical (unpaired) electrons. The van der Waals surface area contributed by atoms with Crippen LogP contribution in [0.15, 0.2) is 33.9 Å². The summed E-state index contributed by atoms with van der Waals surface area (Å²) in [5.41, 5.74) is 0.935. The Morgan fingerprint density at radius 3 is 2.55 bits per heavy atom. The van der Waals surface area contributed by atoms with Crippen molar-refractivity contribution in [3.63, 3.8) is 0 Å². The van der Waals surface area contributed by atoms with Gasteiger partial charge in [-0.25, -0.2) is 14.8 Å². The maximum atomic E-state index is 12.3. The van der Waals surface area contributed by atoms with Gasteiger partial charge in [-0.15, -0.1) is 12.3 Å². The zero-order chi connectivity index (χ0) is 15.7. The molecule has 0 aliphatic heterocycles. The van der Waals surface area contributed by atoms with E-state index in [2.05, 4.69) is 15.9 Å². The van der Waals surface area contributed by atoms with Gasteiger partial charge in [0.25, 0.3) is 5.56 Å². The van der Waals surface area contributed by atoms with Crippen molar-refractivity contribution < 1.29 is 0 Å². The van der Waals surface area contributed by atoms with Gasteiger partial charge in [0.2, 0.25) is 0 Å². The van der Waals surface area contributed by atoms with Crippen molar-refractivity contribution in [2.75, 3.05) is 0 Å². The van der Waals surface area contributed by atoms with Crippen molar-refractivity contribution in [2.45, 2.75) is 19.4 Å². The molecule has 3 rings (SSSR count). The number of aryl methyl sites for hydroxylation is 1. The lowest BCUT2D eigenvalue weighted by molar-refractivity contribution is 0.596. The van der Waals surface area contributed by atoms with Gasteiger partial charge in [0.05, 0.1) is 11.0 Å². The van der Waals surface area contributed by atoms with Crippen molar-refractivity contribution in [3.8, 4) is 12.3 Å². The third-order valence-corrected chi connectivity index (χ3v) is 3.54. The quantitative estimate of drug-likeness (QED) is 0.411.